The van der Waals surface area contributed by atoms with Crippen molar-refractivity contribution in [2.45, 2.75) is 70.0 Å². The van der Waals surface area contributed by atoms with Crippen LogP contribution in [-0.2, 0) is 4.79 Å². The second-order valence-electron chi connectivity index (χ2n) is 7.33. The molecule has 1 amide bonds. The van der Waals surface area contributed by atoms with Crippen LogP contribution < -0.4 is 11.1 Å². The third-order valence-electron chi connectivity index (χ3n) is 5.52. The largest absolute Gasteiger partial charge is 0.353 e. The second-order valence-corrected chi connectivity index (χ2v) is 7.33. The van der Waals surface area contributed by atoms with E-state index in [1.807, 2.05) is 0 Å². The zero-order valence-electron chi connectivity index (χ0n) is 12.7. The van der Waals surface area contributed by atoms with Crippen LogP contribution in [0.1, 0.15) is 51.9 Å². The molecule has 3 fully saturated rings. The summed E-state index contributed by atoms with van der Waals surface area (Å²) in [6.45, 7) is 4.65. The van der Waals surface area contributed by atoms with Gasteiger partial charge in [-0.05, 0) is 57.4 Å². The molecule has 4 heteroatoms. The molecule has 5 unspecified atom stereocenters. The topological polar surface area (TPSA) is 58.4 Å². The van der Waals surface area contributed by atoms with Crippen molar-refractivity contribution in [3.05, 3.63) is 0 Å². The summed E-state index contributed by atoms with van der Waals surface area (Å²) in [6.07, 6.45) is 7.89. The maximum Gasteiger partial charge on any atom is 0.223 e. The smallest absolute Gasteiger partial charge is 0.223 e. The number of rotatable bonds is 2. The molecule has 3 aliphatic rings. The molecule has 3 N–H and O–H groups in total. The molecule has 1 saturated carbocycles. The van der Waals surface area contributed by atoms with Gasteiger partial charge in [0.1, 0.15) is 0 Å². The standard InChI is InChI=1S/C16H29N3O/c1-11-7-12(9-13(17)8-11)16(20)18-14-4-6-19-5-2-3-15(19)10-14/h11-15H,2-10,17H2,1H3,(H,18,20). The molecular weight excluding hydrogens is 250 g/mol. The van der Waals surface area contributed by atoms with Crippen LogP contribution in [0.2, 0.25) is 0 Å². The molecule has 0 aromatic rings. The summed E-state index contributed by atoms with van der Waals surface area (Å²) >= 11 is 0. The van der Waals surface area contributed by atoms with Gasteiger partial charge in [-0.2, -0.15) is 0 Å². The molecule has 2 aliphatic heterocycles. The number of amides is 1. The molecule has 114 valence electrons. The molecule has 5 atom stereocenters. The number of hydrogen-bond donors (Lipinski definition) is 2. The van der Waals surface area contributed by atoms with E-state index in [0.29, 0.717) is 12.0 Å². The van der Waals surface area contributed by atoms with Crippen molar-refractivity contribution in [2.75, 3.05) is 13.1 Å². The van der Waals surface area contributed by atoms with Gasteiger partial charge in [-0.1, -0.05) is 6.92 Å². The Hall–Kier alpha value is -0.610. The minimum absolute atomic E-state index is 0.148. The fraction of sp³-hybridized carbons (Fsp3) is 0.938. The van der Waals surface area contributed by atoms with E-state index in [1.165, 1.54) is 19.4 Å². The SMILES string of the molecule is CC1CC(N)CC(C(=O)NC2CCN3CCCC3C2)C1. The van der Waals surface area contributed by atoms with Crippen LogP contribution in [0.25, 0.3) is 0 Å². The Morgan fingerprint density at radius 3 is 2.80 bits per heavy atom. The molecule has 4 nitrogen and oxygen atoms in total. The van der Waals surface area contributed by atoms with Crippen LogP contribution in [0.15, 0.2) is 0 Å². The first-order chi connectivity index (χ1) is 9.61. The van der Waals surface area contributed by atoms with Gasteiger partial charge < -0.3 is 16.0 Å². The van der Waals surface area contributed by atoms with Crippen molar-refractivity contribution in [1.82, 2.24) is 10.2 Å². The Morgan fingerprint density at radius 1 is 1.15 bits per heavy atom. The van der Waals surface area contributed by atoms with Crippen LogP contribution >= 0.6 is 0 Å². The average molecular weight is 279 g/mol. The quantitative estimate of drug-likeness (QED) is 0.805. The molecule has 1 aliphatic carbocycles. The van der Waals surface area contributed by atoms with Gasteiger partial charge >= 0.3 is 0 Å². The molecule has 3 rings (SSSR count). The third kappa shape index (κ3) is 3.17. The third-order valence-corrected chi connectivity index (χ3v) is 5.52. The summed E-state index contributed by atoms with van der Waals surface area (Å²) in [5, 5.41) is 3.32. The van der Waals surface area contributed by atoms with Gasteiger partial charge in [-0.25, -0.2) is 0 Å². The Kier molecular flexibility index (Phi) is 4.32. The number of piperidine rings is 1. The minimum atomic E-state index is 0.148. The highest BCUT2D eigenvalue weighted by Gasteiger charge is 2.34. The van der Waals surface area contributed by atoms with Crippen LogP contribution in [0.5, 0.6) is 0 Å². The Balaban J connectivity index is 1.51. The highest BCUT2D eigenvalue weighted by Crippen LogP contribution is 2.30. The van der Waals surface area contributed by atoms with Gasteiger partial charge in [-0.15, -0.1) is 0 Å². The molecule has 2 heterocycles. The lowest BCUT2D eigenvalue weighted by molar-refractivity contribution is -0.127. The summed E-state index contributed by atoms with van der Waals surface area (Å²) in [7, 11) is 0. The molecule has 0 bridgehead atoms. The predicted octanol–water partition coefficient (Wildman–Crippen LogP) is 1.49. The zero-order valence-corrected chi connectivity index (χ0v) is 12.7. The molecule has 0 aromatic carbocycles. The number of nitrogens with two attached hydrogens (primary N) is 1. The van der Waals surface area contributed by atoms with E-state index in [-0.39, 0.29) is 17.9 Å². The number of hydrogen-bond acceptors (Lipinski definition) is 3. The van der Waals surface area contributed by atoms with Gasteiger partial charge in [0, 0.05) is 30.6 Å². The monoisotopic (exact) mass is 279 g/mol. The van der Waals surface area contributed by atoms with E-state index in [4.69, 9.17) is 5.73 Å². The lowest BCUT2D eigenvalue weighted by atomic mass is 9.79. The van der Waals surface area contributed by atoms with Crippen molar-refractivity contribution >= 4 is 5.91 Å². The lowest BCUT2D eigenvalue weighted by Crippen LogP contribution is -2.50. The highest BCUT2D eigenvalue weighted by molar-refractivity contribution is 5.79. The van der Waals surface area contributed by atoms with E-state index in [1.54, 1.807) is 0 Å². The molecular formula is C16H29N3O. The van der Waals surface area contributed by atoms with Crippen molar-refractivity contribution in [1.29, 1.82) is 0 Å². The van der Waals surface area contributed by atoms with E-state index in [2.05, 4.69) is 17.1 Å². The average Bonchev–Trinajstić information content (AvgIpc) is 2.85. The first-order valence-corrected chi connectivity index (χ1v) is 8.42. The highest BCUT2D eigenvalue weighted by atomic mass is 16.1. The van der Waals surface area contributed by atoms with Crippen LogP contribution in [0.4, 0.5) is 0 Å². The second kappa shape index (κ2) is 6.02. The fourth-order valence-electron chi connectivity index (χ4n) is 4.55. The maximum atomic E-state index is 12.5. The molecule has 2 saturated heterocycles. The van der Waals surface area contributed by atoms with Crippen LogP contribution in [0.3, 0.4) is 0 Å². The normalized spacial score (nSPS) is 42.2. The zero-order chi connectivity index (χ0) is 14.1. The molecule has 20 heavy (non-hydrogen) atoms. The minimum Gasteiger partial charge on any atom is -0.353 e. The number of carbonyl (C=O) groups is 1. The molecule has 0 aromatic heterocycles. The summed E-state index contributed by atoms with van der Waals surface area (Å²) in [6, 6.07) is 1.34. The van der Waals surface area contributed by atoms with Crippen molar-refractivity contribution in [2.24, 2.45) is 17.6 Å². The van der Waals surface area contributed by atoms with E-state index >= 15 is 0 Å². The van der Waals surface area contributed by atoms with E-state index in [9.17, 15) is 4.79 Å². The van der Waals surface area contributed by atoms with Crippen LogP contribution in [-0.4, -0.2) is 42.0 Å². The van der Waals surface area contributed by atoms with Gasteiger partial charge in [0.25, 0.3) is 0 Å². The Labute approximate surface area is 122 Å². The lowest BCUT2D eigenvalue weighted by Gasteiger charge is -2.37. The Bertz CT molecular complexity index is 350. The van der Waals surface area contributed by atoms with Gasteiger partial charge in [-0.3, -0.25) is 4.79 Å². The van der Waals surface area contributed by atoms with Crippen LogP contribution in [0, 0.1) is 11.8 Å². The van der Waals surface area contributed by atoms with E-state index < -0.39 is 0 Å². The number of nitrogens with one attached hydrogen (secondary N) is 1. The number of nitrogens with zero attached hydrogens (tertiary/aromatic N) is 1. The summed E-state index contributed by atoms with van der Waals surface area (Å²) < 4.78 is 0. The van der Waals surface area contributed by atoms with Gasteiger partial charge in [0.15, 0.2) is 0 Å². The predicted molar refractivity (Wildman–Crippen MR) is 80.2 cm³/mol. The van der Waals surface area contributed by atoms with E-state index in [0.717, 1.165) is 44.7 Å². The van der Waals surface area contributed by atoms with Gasteiger partial charge in [0.05, 0.1) is 0 Å². The first-order valence-electron chi connectivity index (χ1n) is 8.42. The number of fused-ring (bicyclic) bond motifs is 1. The first kappa shape index (κ1) is 14.3. The van der Waals surface area contributed by atoms with Crippen molar-refractivity contribution in [3.8, 4) is 0 Å². The van der Waals surface area contributed by atoms with Crippen molar-refractivity contribution < 1.29 is 4.79 Å². The van der Waals surface area contributed by atoms with Gasteiger partial charge in [0.2, 0.25) is 5.91 Å². The van der Waals surface area contributed by atoms with Crippen molar-refractivity contribution in [3.63, 3.8) is 0 Å². The number of carbonyl (C=O) groups excluding carboxylic acids is 1. The summed E-state index contributed by atoms with van der Waals surface area (Å²) in [4.78, 5) is 15.1. The molecule has 0 spiro atoms. The summed E-state index contributed by atoms with van der Waals surface area (Å²) in [5.41, 5.74) is 6.07. The maximum absolute atomic E-state index is 12.5. The fourth-order valence-corrected chi connectivity index (χ4v) is 4.55. The summed E-state index contributed by atoms with van der Waals surface area (Å²) in [5.74, 6) is 1.00. The Morgan fingerprint density at radius 2 is 2.00 bits per heavy atom. The molecule has 0 radical (unpaired) electrons.